The molecule has 1 N–H and O–H groups in total. The van der Waals surface area contributed by atoms with Gasteiger partial charge in [-0.25, -0.2) is 0 Å². The van der Waals surface area contributed by atoms with Crippen LogP contribution in [0.15, 0.2) is 0 Å². The maximum Gasteiger partial charge on any atom is 0.401 e. The lowest BCUT2D eigenvalue weighted by atomic mass is 9.79. The largest absolute Gasteiger partial charge is 0.401 e. The first kappa shape index (κ1) is 16.0. The molecule has 2 aliphatic rings. The van der Waals surface area contributed by atoms with Crippen LogP contribution in [0.5, 0.6) is 0 Å². The van der Waals surface area contributed by atoms with Crippen LogP contribution in [-0.4, -0.2) is 56.5 Å². The van der Waals surface area contributed by atoms with E-state index >= 15 is 0 Å². The van der Waals surface area contributed by atoms with Gasteiger partial charge in [-0.05, 0) is 37.6 Å². The minimum Gasteiger partial charge on any atom is -0.381 e. The molecular formula is C14H25F3N2O. The van der Waals surface area contributed by atoms with E-state index in [2.05, 4.69) is 5.32 Å². The van der Waals surface area contributed by atoms with Crippen molar-refractivity contribution in [3.8, 4) is 0 Å². The Balaban J connectivity index is 1.99. The summed E-state index contributed by atoms with van der Waals surface area (Å²) in [5.41, 5.74) is -0.0674. The van der Waals surface area contributed by atoms with Crippen LogP contribution in [0.1, 0.15) is 32.6 Å². The molecule has 0 unspecified atom stereocenters. The fraction of sp³-hybridized carbons (Fsp3) is 1.00. The SMILES string of the molecule is CCNCC1(CN(CC(F)(F)F)C2CC2)CCOCC1. The van der Waals surface area contributed by atoms with E-state index in [0.29, 0.717) is 19.8 Å². The van der Waals surface area contributed by atoms with Gasteiger partial charge in [0.05, 0.1) is 6.54 Å². The van der Waals surface area contributed by atoms with E-state index in [1.54, 1.807) is 4.90 Å². The van der Waals surface area contributed by atoms with Crippen LogP contribution in [0, 0.1) is 5.41 Å². The first-order chi connectivity index (χ1) is 9.44. The number of hydrogen-bond acceptors (Lipinski definition) is 3. The first-order valence-electron chi connectivity index (χ1n) is 7.53. The molecule has 0 radical (unpaired) electrons. The highest BCUT2D eigenvalue weighted by Crippen LogP contribution is 2.37. The minimum absolute atomic E-state index is 0.0674. The average Bonchev–Trinajstić information content (AvgIpc) is 3.19. The van der Waals surface area contributed by atoms with Crippen LogP contribution < -0.4 is 5.32 Å². The lowest BCUT2D eigenvalue weighted by molar-refractivity contribution is -0.152. The van der Waals surface area contributed by atoms with Gasteiger partial charge in [-0.2, -0.15) is 13.2 Å². The van der Waals surface area contributed by atoms with Crippen LogP contribution in [0.3, 0.4) is 0 Å². The molecular weight excluding hydrogens is 269 g/mol. The number of halogens is 3. The van der Waals surface area contributed by atoms with Crippen molar-refractivity contribution in [2.24, 2.45) is 5.41 Å². The van der Waals surface area contributed by atoms with Crippen LogP contribution in [0.4, 0.5) is 13.2 Å². The number of nitrogens with zero attached hydrogens (tertiary/aromatic N) is 1. The van der Waals surface area contributed by atoms with Gasteiger partial charge in [0, 0.05) is 32.3 Å². The maximum atomic E-state index is 12.7. The Kier molecular flexibility index (Phi) is 5.31. The van der Waals surface area contributed by atoms with Crippen molar-refractivity contribution in [2.45, 2.75) is 44.8 Å². The molecule has 3 nitrogen and oxygen atoms in total. The normalized spacial score (nSPS) is 23.2. The fourth-order valence-electron chi connectivity index (χ4n) is 3.00. The van der Waals surface area contributed by atoms with E-state index in [9.17, 15) is 13.2 Å². The Hall–Kier alpha value is -0.330. The third kappa shape index (κ3) is 4.90. The van der Waals surface area contributed by atoms with Crippen molar-refractivity contribution in [3.05, 3.63) is 0 Å². The summed E-state index contributed by atoms with van der Waals surface area (Å²) >= 11 is 0. The van der Waals surface area contributed by atoms with Crippen LogP contribution in [0.2, 0.25) is 0 Å². The van der Waals surface area contributed by atoms with Crippen molar-refractivity contribution in [2.75, 3.05) is 39.4 Å². The highest BCUT2D eigenvalue weighted by atomic mass is 19.4. The molecule has 0 spiro atoms. The van der Waals surface area contributed by atoms with Gasteiger partial charge in [-0.15, -0.1) is 0 Å². The standard InChI is InChI=1S/C14H25F3N2O/c1-2-18-9-13(5-7-20-8-6-13)10-19(12-3-4-12)11-14(15,16)17/h12,18H,2-11H2,1H3. The maximum absolute atomic E-state index is 12.7. The summed E-state index contributed by atoms with van der Waals surface area (Å²) in [5.74, 6) is 0. The van der Waals surface area contributed by atoms with E-state index in [0.717, 1.165) is 38.8 Å². The lowest BCUT2D eigenvalue weighted by Gasteiger charge is -2.41. The highest BCUT2D eigenvalue weighted by Gasteiger charge is 2.43. The molecule has 1 saturated carbocycles. The summed E-state index contributed by atoms with van der Waals surface area (Å²) in [4.78, 5) is 1.66. The predicted molar refractivity (Wildman–Crippen MR) is 71.7 cm³/mol. The number of ether oxygens (including phenoxy) is 1. The molecule has 1 aliphatic carbocycles. The van der Waals surface area contributed by atoms with Gasteiger partial charge in [0.25, 0.3) is 0 Å². The predicted octanol–water partition coefficient (Wildman–Crippen LogP) is 2.42. The van der Waals surface area contributed by atoms with Crippen LogP contribution >= 0.6 is 0 Å². The van der Waals surface area contributed by atoms with Gasteiger partial charge < -0.3 is 10.1 Å². The summed E-state index contributed by atoms with van der Waals surface area (Å²) < 4.78 is 43.6. The molecule has 20 heavy (non-hydrogen) atoms. The van der Waals surface area contributed by atoms with Crippen molar-refractivity contribution >= 4 is 0 Å². The fourth-order valence-corrected chi connectivity index (χ4v) is 3.00. The number of alkyl halides is 3. The van der Waals surface area contributed by atoms with Gasteiger partial charge in [0.1, 0.15) is 0 Å². The molecule has 1 heterocycles. The molecule has 0 aromatic rings. The summed E-state index contributed by atoms with van der Waals surface area (Å²) in [6.07, 6.45) is -0.594. The molecule has 2 rings (SSSR count). The Morgan fingerprint density at radius 3 is 2.40 bits per heavy atom. The van der Waals surface area contributed by atoms with E-state index in [1.807, 2.05) is 6.92 Å². The number of hydrogen-bond donors (Lipinski definition) is 1. The zero-order chi connectivity index (χ0) is 14.6. The zero-order valence-corrected chi connectivity index (χ0v) is 12.1. The monoisotopic (exact) mass is 294 g/mol. The van der Waals surface area contributed by atoms with Gasteiger partial charge in [-0.1, -0.05) is 6.92 Å². The molecule has 1 saturated heterocycles. The Morgan fingerprint density at radius 1 is 1.25 bits per heavy atom. The molecule has 6 heteroatoms. The Bertz CT molecular complexity index is 299. The molecule has 0 bridgehead atoms. The van der Waals surface area contributed by atoms with Crippen molar-refractivity contribution in [1.29, 1.82) is 0 Å². The smallest absolute Gasteiger partial charge is 0.381 e. The average molecular weight is 294 g/mol. The van der Waals surface area contributed by atoms with Crippen LogP contribution in [0.25, 0.3) is 0 Å². The first-order valence-corrected chi connectivity index (χ1v) is 7.53. The quantitative estimate of drug-likeness (QED) is 0.780. The Morgan fingerprint density at radius 2 is 1.90 bits per heavy atom. The third-order valence-corrected chi connectivity index (χ3v) is 4.29. The highest BCUT2D eigenvalue weighted by molar-refractivity contribution is 4.93. The molecule has 0 amide bonds. The van der Waals surface area contributed by atoms with Gasteiger partial charge >= 0.3 is 6.18 Å². The molecule has 2 fully saturated rings. The third-order valence-electron chi connectivity index (χ3n) is 4.29. The summed E-state index contributed by atoms with van der Waals surface area (Å²) in [7, 11) is 0. The number of nitrogens with one attached hydrogen (secondary N) is 1. The summed E-state index contributed by atoms with van der Waals surface area (Å²) in [6, 6.07) is 0.137. The number of rotatable bonds is 7. The van der Waals surface area contributed by atoms with Crippen molar-refractivity contribution in [3.63, 3.8) is 0 Å². The second-order valence-corrected chi connectivity index (χ2v) is 6.14. The minimum atomic E-state index is -4.10. The van der Waals surface area contributed by atoms with Gasteiger partial charge in [-0.3, -0.25) is 4.90 Å². The van der Waals surface area contributed by atoms with Crippen LogP contribution in [-0.2, 0) is 4.74 Å². The van der Waals surface area contributed by atoms with E-state index in [4.69, 9.17) is 4.74 Å². The van der Waals surface area contributed by atoms with E-state index in [1.165, 1.54) is 0 Å². The molecule has 0 aromatic carbocycles. The summed E-state index contributed by atoms with van der Waals surface area (Å²) in [5, 5.41) is 3.32. The Labute approximate surface area is 118 Å². The van der Waals surface area contributed by atoms with E-state index in [-0.39, 0.29) is 11.5 Å². The van der Waals surface area contributed by atoms with Gasteiger partial charge in [0.2, 0.25) is 0 Å². The van der Waals surface area contributed by atoms with Crippen molar-refractivity contribution in [1.82, 2.24) is 10.2 Å². The topological polar surface area (TPSA) is 24.5 Å². The van der Waals surface area contributed by atoms with Gasteiger partial charge in [0.15, 0.2) is 0 Å². The molecule has 1 aliphatic heterocycles. The second-order valence-electron chi connectivity index (χ2n) is 6.14. The van der Waals surface area contributed by atoms with E-state index < -0.39 is 12.7 Å². The molecule has 0 aromatic heterocycles. The zero-order valence-electron chi connectivity index (χ0n) is 12.1. The lowest BCUT2D eigenvalue weighted by Crippen LogP contribution is -2.50. The van der Waals surface area contributed by atoms with Crippen molar-refractivity contribution < 1.29 is 17.9 Å². The second kappa shape index (κ2) is 6.62. The summed E-state index contributed by atoms with van der Waals surface area (Å²) in [6.45, 7) is 4.76. The molecule has 0 atom stereocenters. The molecule has 118 valence electrons.